The van der Waals surface area contributed by atoms with E-state index >= 15 is 0 Å². The number of carbonyl (C=O) groups is 2. The third-order valence-electron chi connectivity index (χ3n) is 2.94. The van der Waals surface area contributed by atoms with E-state index in [4.69, 9.17) is 5.73 Å². The number of nitrogens with one attached hydrogen (secondary N) is 2. The van der Waals surface area contributed by atoms with Gasteiger partial charge in [0.25, 0.3) is 0 Å². The third-order valence-corrected chi connectivity index (χ3v) is 2.94. The van der Waals surface area contributed by atoms with Gasteiger partial charge in [0.15, 0.2) is 5.82 Å². The second-order valence-corrected chi connectivity index (χ2v) is 4.09. The molecule has 0 spiro atoms. The van der Waals surface area contributed by atoms with Crippen LogP contribution in [0.4, 0.5) is 16.3 Å². The van der Waals surface area contributed by atoms with E-state index in [1.807, 2.05) is 0 Å². The number of benzene rings is 1. The summed E-state index contributed by atoms with van der Waals surface area (Å²) in [5.41, 5.74) is 7.13. The molecule has 1 aliphatic heterocycles. The molecule has 92 valence electrons. The van der Waals surface area contributed by atoms with Crippen LogP contribution in [0.1, 0.15) is 6.42 Å². The first-order valence-electron chi connectivity index (χ1n) is 5.50. The molecule has 0 unspecified atom stereocenters. The number of aromatic nitrogens is 2. The van der Waals surface area contributed by atoms with Crippen molar-refractivity contribution in [2.45, 2.75) is 6.42 Å². The second kappa shape index (κ2) is 3.73. The number of aromatic amines is 1. The molecule has 2 heterocycles. The number of hydrogen-bond acceptors (Lipinski definition) is 4. The van der Waals surface area contributed by atoms with Gasteiger partial charge in [-0.15, -0.1) is 0 Å². The first-order valence-corrected chi connectivity index (χ1v) is 5.50. The Kier molecular flexibility index (Phi) is 2.19. The van der Waals surface area contributed by atoms with Gasteiger partial charge in [-0.3, -0.25) is 20.1 Å². The lowest BCUT2D eigenvalue weighted by Gasteiger charge is -2.26. The maximum absolute atomic E-state index is 11.7. The van der Waals surface area contributed by atoms with Crippen LogP contribution in [-0.2, 0) is 4.79 Å². The molecular formula is C11H11N5O2. The number of amides is 3. The number of hydrogen-bond donors (Lipinski definition) is 3. The number of nitrogen functional groups attached to an aromatic ring is 1. The van der Waals surface area contributed by atoms with Crippen molar-refractivity contribution in [3.05, 3.63) is 18.2 Å². The van der Waals surface area contributed by atoms with Crippen molar-refractivity contribution in [2.75, 3.05) is 17.2 Å². The summed E-state index contributed by atoms with van der Waals surface area (Å²) >= 11 is 0. The Balaban J connectivity index is 1.99. The molecule has 1 saturated heterocycles. The highest BCUT2D eigenvalue weighted by Gasteiger charge is 2.24. The van der Waals surface area contributed by atoms with Crippen LogP contribution < -0.4 is 16.0 Å². The van der Waals surface area contributed by atoms with Crippen molar-refractivity contribution in [3.8, 4) is 0 Å². The Morgan fingerprint density at radius 3 is 2.94 bits per heavy atom. The van der Waals surface area contributed by atoms with E-state index in [1.165, 1.54) is 4.90 Å². The fourth-order valence-corrected chi connectivity index (χ4v) is 2.01. The van der Waals surface area contributed by atoms with Gasteiger partial charge < -0.3 is 5.73 Å². The molecule has 0 saturated carbocycles. The normalized spacial score (nSPS) is 16.1. The highest BCUT2D eigenvalue weighted by Crippen LogP contribution is 2.24. The van der Waals surface area contributed by atoms with Crippen LogP contribution in [0.25, 0.3) is 10.9 Å². The van der Waals surface area contributed by atoms with E-state index in [2.05, 4.69) is 15.5 Å². The standard InChI is InChI=1S/C11H11N5O2/c12-10-7-2-1-6(5-8(7)14-15-10)16-4-3-9(17)13-11(16)18/h1-2,5H,3-4H2,(H3,12,14,15)(H,13,17,18). The zero-order valence-electron chi connectivity index (χ0n) is 9.43. The van der Waals surface area contributed by atoms with Crippen molar-refractivity contribution >= 4 is 34.3 Å². The van der Waals surface area contributed by atoms with Crippen molar-refractivity contribution in [1.82, 2.24) is 15.5 Å². The number of nitrogens with two attached hydrogens (primary N) is 1. The van der Waals surface area contributed by atoms with Gasteiger partial charge in [-0.1, -0.05) is 0 Å². The van der Waals surface area contributed by atoms with Gasteiger partial charge in [-0.25, -0.2) is 4.79 Å². The largest absolute Gasteiger partial charge is 0.382 e. The molecular weight excluding hydrogens is 234 g/mol. The van der Waals surface area contributed by atoms with Crippen LogP contribution >= 0.6 is 0 Å². The van der Waals surface area contributed by atoms with Crippen LogP contribution in [0.5, 0.6) is 0 Å². The number of fused-ring (bicyclic) bond motifs is 1. The highest BCUT2D eigenvalue weighted by molar-refractivity contribution is 6.06. The highest BCUT2D eigenvalue weighted by atomic mass is 16.2. The Morgan fingerprint density at radius 2 is 2.17 bits per heavy atom. The summed E-state index contributed by atoms with van der Waals surface area (Å²) in [6, 6.07) is 4.96. The number of nitrogens with zero attached hydrogens (tertiary/aromatic N) is 2. The first-order chi connectivity index (χ1) is 8.65. The number of anilines is 2. The van der Waals surface area contributed by atoms with E-state index in [-0.39, 0.29) is 5.91 Å². The predicted molar refractivity (Wildman–Crippen MR) is 66.0 cm³/mol. The molecule has 18 heavy (non-hydrogen) atoms. The van der Waals surface area contributed by atoms with Crippen molar-refractivity contribution in [3.63, 3.8) is 0 Å². The summed E-state index contributed by atoms with van der Waals surface area (Å²) in [4.78, 5) is 24.3. The molecule has 0 bridgehead atoms. The van der Waals surface area contributed by atoms with E-state index < -0.39 is 6.03 Å². The molecule has 1 aliphatic rings. The van der Waals surface area contributed by atoms with Gasteiger partial charge in [0.2, 0.25) is 5.91 Å². The lowest BCUT2D eigenvalue weighted by atomic mass is 10.2. The fourth-order valence-electron chi connectivity index (χ4n) is 2.01. The molecule has 1 fully saturated rings. The number of urea groups is 1. The third kappa shape index (κ3) is 1.56. The molecule has 0 atom stereocenters. The molecule has 3 rings (SSSR count). The topological polar surface area (TPSA) is 104 Å². The summed E-state index contributed by atoms with van der Waals surface area (Å²) in [5.74, 6) is 0.179. The van der Waals surface area contributed by atoms with Crippen LogP contribution in [0.3, 0.4) is 0 Å². The van der Waals surface area contributed by atoms with Crippen LogP contribution in [0.2, 0.25) is 0 Å². The number of imide groups is 1. The Hall–Kier alpha value is -2.57. The summed E-state index contributed by atoms with van der Waals surface area (Å²) < 4.78 is 0. The molecule has 3 amide bonds. The van der Waals surface area contributed by atoms with E-state index in [0.717, 1.165) is 10.9 Å². The van der Waals surface area contributed by atoms with Crippen LogP contribution in [0, 0.1) is 0 Å². The average molecular weight is 245 g/mol. The maximum Gasteiger partial charge on any atom is 0.328 e. The zero-order chi connectivity index (χ0) is 12.7. The summed E-state index contributed by atoms with van der Waals surface area (Å²) in [5, 5.41) is 9.77. The Morgan fingerprint density at radius 1 is 1.33 bits per heavy atom. The van der Waals surface area contributed by atoms with Crippen LogP contribution in [0.15, 0.2) is 18.2 Å². The number of rotatable bonds is 1. The van der Waals surface area contributed by atoms with Gasteiger partial charge in [0.05, 0.1) is 5.52 Å². The molecule has 7 nitrogen and oxygen atoms in total. The Labute approximate surface area is 102 Å². The number of H-pyrrole nitrogens is 1. The van der Waals surface area contributed by atoms with E-state index in [1.54, 1.807) is 18.2 Å². The lowest BCUT2D eigenvalue weighted by Crippen LogP contribution is -2.49. The summed E-state index contributed by atoms with van der Waals surface area (Å²) in [6.07, 6.45) is 0.300. The summed E-state index contributed by atoms with van der Waals surface area (Å²) in [6.45, 7) is 0.375. The monoisotopic (exact) mass is 245 g/mol. The molecule has 4 N–H and O–H groups in total. The number of carbonyl (C=O) groups excluding carboxylic acids is 2. The van der Waals surface area contributed by atoms with E-state index in [9.17, 15) is 9.59 Å². The van der Waals surface area contributed by atoms with Crippen molar-refractivity contribution in [1.29, 1.82) is 0 Å². The first kappa shape index (κ1) is 10.6. The molecule has 0 aliphatic carbocycles. The molecule has 1 aromatic carbocycles. The SMILES string of the molecule is Nc1n[nH]c2cc(N3CCC(=O)NC3=O)ccc12. The molecule has 1 aromatic heterocycles. The van der Waals surface area contributed by atoms with Gasteiger partial charge in [-0.05, 0) is 18.2 Å². The molecule has 2 aromatic rings. The second-order valence-electron chi connectivity index (χ2n) is 4.09. The lowest BCUT2D eigenvalue weighted by molar-refractivity contribution is -0.120. The van der Waals surface area contributed by atoms with Crippen molar-refractivity contribution < 1.29 is 9.59 Å². The molecule has 0 radical (unpaired) electrons. The predicted octanol–water partition coefficient (Wildman–Crippen LogP) is 0.591. The minimum Gasteiger partial charge on any atom is -0.382 e. The maximum atomic E-state index is 11.7. The fraction of sp³-hybridized carbons (Fsp3) is 0.182. The minimum atomic E-state index is -0.405. The molecule has 7 heteroatoms. The van der Waals surface area contributed by atoms with Gasteiger partial charge >= 0.3 is 6.03 Å². The summed E-state index contributed by atoms with van der Waals surface area (Å²) in [7, 11) is 0. The van der Waals surface area contributed by atoms with Gasteiger partial charge in [0, 0.05) is 24.0 Å². The van der Waals surface area contributed by atoms with Gasteiger partial charge in [0.1, 0.15) is 0 Å². The average Bonchev–Trinajstić information content (AvgIpc) is 2.71. The minimum absolute atomic E-state index is 0.247. The van der Waals surface area contributed by atoms with Gasteiger partial charge in [-0.2, -0.15) is 5.10 Å². The zero-order valence-corrected chi connectivity index (χ0v) is 9.43. The van der Waals surface area contributed by atoms with Crippen LogP contribution in [-0.4, -0.2) is 28.7 Å². The van der Waals surface area contributed by atoms with E-state index in [0.29, 0.717) is 24.5 Å². The van der Waals surface area contributed by atoms with Crippen molar-refractivity contribution in [2.24, 2.45) is 0 Å². The quantitative estimate of drug-likeness (QED) is 0.683. The smallest absolute Gasteiger partial charge is 0.328 e. The Bertz CT molecular complexity index is 648.